The zero-order valence-electron chi connectivity index (χ0n) is 13.1. The average molecular weight is 287 g/mol. The lowest BCUT2D eigenvalue weighted by atomic mass is 9.96. The second kappa shape index (κ2) is 6.72. The van der Waals surface area contributed by atoms with E-state index in [1.807, 2.05) is 45.0 Å². The molecule has 2 nitrogen and oxygen atoms in total. The highest BCUT2D eigenvalue weighted by Gasteiger charge is 2.11. The van der Waals surface area contributed by atoms with Crippen LogP contribution in [0.5, 0.6) is 5.75 Å². The van der Waals surface area contributed by atoms with Gasteiger partial charge in [-0.25, -0.2) is 4.39 Å². The Kier molecular flexibility index (Phi) is 4.97. The van der Waals surface area contributed by atoms with Gasteiger partial charge in [0.1, 0.15) is 11.6 Å². The monoisotopic (exact) mass is 287 g/mol. The van der Waals surface area contributed by atoms with Crippen molar-refractivity contribution in [3.63, 3.8) is 0 Å². The summed E-state index contributed by atoms with van der Waals surface area (Å²) < 4.78 is 19.7. The molecule has 2 aromatic carbocycles. The Balaban J connectivity index is 2.40. The molecule has 0 atom stereocenters. The molecule has 0 saturated heterocycles. The topological polar surface area (TPSA) is 21.3 Å². The lowest BCUT2D eigenvalue weighted by molar-refractivity contribution is 0.411. The van der Waals surface area contributed by atoms with Crippen LogP contribution in [0.25, 0.3) is 11.1 Å². The fraction of sp³-hybridized carbons (Fsp3) is 0.333. The summed E-state index contributed by atoms with van der Waals surface area (Å²) >= 11 is 0. The van der Waals surface area contributed by atoms with E-state index in [2.05, 4.69) is 5.32 Å². The zero-order valence-corrected chi connectivity index (χ0v) is 13.1. The van der Waals surface area contributed by atoms with Gasteiger partial charge in [0.05, 0.1) is 7.11 Å². The van der Waals surface area contributed by atoms with Crippen LogP contribution in [0, 0.1) is 19.7 Å². The van der Waals surface area contributed by atoms with Crippen LogP contribution in [0.15, 0.2) is 30.3 Å². The quantitative estimate of drug-likeness (QED) is 0.888. The SMILES string of the molecule is CCNCc1ccc(-c2cc(C)c(OC)cc2C)c(F)c1. The van der Waals surface area contributed by atoms with Crippen molar-refractivity contribution in [2.75, 3.05) is 13.7 Å². The Morgan fingerprint density at radius 2 is 1.81 bits per heavy atom. The minimum Gasteiger partial charge on any atom is -0.496 e. The minimum atomic E-state index is -0.182. The van der Waals surface area contributed by atoms with E-state index in [0.29, 0.717) is 12.1 Å². The Bertz CT molecular complexity index is 637. The van der Waals surface area contributed by atoms with Crippen molar-refractivity contribution < 1.29 is 9.13 Å². The van der Waals surface area contributed by atoms with Gasteiger partial charge in [0.2, 0.25) is 0 Å². The summed E-state index contributed by atoms with van der Waals surface area (Å²) in [6, 6.07) is 9.38. The first-order valence-electron chi connectivity index (χ1n) is 7.21. The molecule has 0 spiro atoms. The molecule has 0 aliphatic carbocycles. The molecule has 2 rings (SSSR count). The van der Waals surface area contributed by atoms with Gasteiger partial charge in [0.25, 0.3) is 0 Å². The Hall–Kier alpha value is -1.87. The lowest BCUT2D eigenvalue weighted by Gasteiger charge is -2.13. The number of methoxy groups -OCH3 is 1. The summed E-state index contributed by atoms with van der Waals surface area (Å²) in [4.78, 5) is 0. The highest BCUT2D eigenvalue weighted by atomic mass is 19.1. The molecule has 0 amide bonds. The Morgan fingerprint density at radius 3 is 2.43 bits per heavy atom. The molecule has 112 valence electrons. The first-order chi connectivity index (χ1) is 10.1. The maximum Gasteiger partial charge on any atom is 0.131 e. The van der Waals surface area contributed by atoms with Crippen molar-refractivity contribution in [3.8, 4) is 16.9 Å². The fourth-order valence-electron chi connectivity index (χ4n) is 2.46. The van der Waals surface area contributed by atoms with Crippen molar-refractivity contribution >= 4 is 0 Å². The van der Waals surface area contributed by atoms with E-state index in [4.69, 9.17) is 4.74 Å². The van der Waals surface area contributed by atoms with Crippen LogP contribution in [0.1, 0.15) is 23.6 Å². The van der Waals surface area contributed by atoms with E-state index < -0.39 is 0 Å². The van der Waals surface area contributed by atoms with Crippen LogP contribution in [0.3, 0.4) is 0 Å². The molecule has 0 bridgehead atoms. The largest absolute Gasteiger partial charge is 0.496 e. The van der Waals surface area contributed by atoms with E-state index in [1.54, 1.807) is 13.2 Å². The van der Waals surface area contributed by atoms with Gasteiger partial charge in [-0.2, -0.15) is 0 Å². The van der Waals surface area contributed by atoms with Crippen LogP contribution in [-0.2, 0) is 6.54 Å². The predicted octanol–water partition coefficient (Wildman–Crippen LogP) is 4.23. The first kappa shape index (κ1) is 15.5. The maximum atomic E-state index is 14.4. The second-order valence-electron chi connectivity index (χ2n) is 5.23. The molecule has 0 aliphatic heterocycles. The Morgan fingerprint density at radius 1 is 1.05 bits per heavy atom. The molecule has 0 unspecified atom stereocenters. The van der Waals surface area contributed by atoms with E-state index in [0.717, 1.165) is 34.5 Å². The van der Waals surface area contributed by atoms with Crippen molar-refractivity contribution in [2.45, 2.75) is 27.3 Å². The van der Waals surface area contributed by atoms with Crippen molar-refractivity contribution in [2.24, 2.45) is 0 Å². The normalized spacial score (nSPS) is 10.7. The van der Waals surface area contributed by atoms with Gasteiger partial charge in [-0.3, -0.25) is 0 Å². The minimum absolute atomic E-state index is 0.182. The van der Waals surface area contributed by atoms with Crippen LogP contribution in [-0.4, -0.2) is 13.7 Å². The number of hydrogen-bond acceptors (Lipinski definition) is 2. The van der Waals surface area contributed by atoms with Gasteiger partial charge >= 0.3 is 0 Å². The number of nitrogens with one attached hydrogen (secondary N) is 1. The number of rotatable bonds is 5. The zero-order chi connectivity index (χ0) is 15.4. The summed E-state index contributed by atoms with van der Waals surface area (Å²) in [7, 11) is 1.65. The average Bonchev–Trinajstić information content (AvgIpc) is 2.47. The van der Waals surface area contributed by atoms with E-state index in [-0.39, 0.29) is 5.82 Å². The molecule has 0 saturated carbocycles. The number of ether oxygens (including phenoxy) is 1. The summed E-state index contributed by atoms with van der Waals surface area (Å²) in [5, 5.41) is 3.20. The molecule has 0 aliphatic rings. The molecule has 21 heavy (non-hydrogen) atoms. The number of benzene rings is 2. The molecule has 0 fully saturated rings. The second-order valence-corrected chi connectivity index (χ2v) is 5.23. The van der Waals surface area contributed by atoms with Gasteiger partial charge in [0.15, 0.2) is 0 Å². The van der Waals surface area contributed by atoms with Gasteiger partial charge in [-0.05, 0) is 60.8 Å². The van der Waals surface area contributed by atoms with Crippen LogP contribution >= 0.6 is 0 Å². The molecule has 0 radical (unpaired) electrons. The van der Waals surface area contributed by atoms with Crippen LogP contribution < -0.4 is 10.1 Å². The van der Waals surface area contributed by atoms with E-state index in [9.17, 15) is 4.39 Å². The Labute approximate surface area is 126 Å². The summed E-state index contributed by atoms with van der Waals surface area (Å²) in [5.74, 6) is 0.651. The van der Waals surface area contributed by atoms with Crippen LogP contribution in [0.4, 0.5) is 4.39 Å². The van der Waals surface area contributed by atoms with Gasteiger partial charge in [-0.1, -0.05) is 19.1 Å². The third-order valence-electron chi connectivity index (χ3n) is 3.64. The van der Waals surface area contributed by atoms with E-state index >= 15 is 0 Å². The molecular formula is C18H22FNO. The standard InChI is InChI=1S/C18H22FNO/c1-5-20-11-14-6-7-15(17(19)10-14)16-8-13(3)18(21-4)9-12(16)2/h6-10,20H,5,11H2,1-4H3. The van der Waals surface area contributed by atoms with Crippen molar-refractivity contribution in [1.82, 2.24) is 5.32 Å². The van der Waals surface area contributed by atoms with E-state index in [1.165, 1.54) is 0 Å². The number of hydrogen-bond donors (Lipinski definition) is 1. The molecule has 0 heterocycles. The first-order valence-corrected chi connectivity index (χ1v) is 7.21. The fourth-order valence-corrected chi connectivity index (χ4v) is 2.46. The summed E-state index contributed by atoms with van der Waals surface area (Å²) in [6.07, 6.45) is 0. The smallest absolute Gasteiger partial charge is 0.131 e. The van der Waals surface area contributed by atoms with Gasteiger partial charge < -0.3 is 10.1 Å². The molecule has 2 aromatic rings. The maximum absolute atomic E-state index is 14.4. The predicted molar refractivity (Wildman–Crippen MR) is 85.2 cm³/mol. The third-order valence-corrected chi connectivity index (χ3v) is 3.64. The van der Waals surface area contributed by atoms with Crippen LogP contribution in [0.2, 0.25) is 0 Å². The summed E-state index contributed by atoms with van der Waals surface area (Å²) in [5.41, 5.74) is 4.53. The van der Waals surface area contributed by atoms with Crippen molar-refractivity contribution in [1.29, 1.82) is 0 Å². The molecular weight excluding hydrogens is 265 g/mol. The highest BCUT2D eigenvalue weighted by Crippen LogP contribution is 2.31. The van der Waals surface area contributed by atoms with Crippen molar-refractivity contribution in [3.05, 3.63) is 52.8 Å². The molecule has 0 aromatic heterocycles. The lowest BCUT2D eigenvalue weighted by Crippen LogP contribution is -2.11. The number of aryl methyl sites for hydroxylation is 2. The number of halogens is 1. The van der Waals surface area contributed by atoms with Gasteiger partial charge in [-0.15, -0.1) is 0 Å². The van der Waals surface area contributed by atoms with Gasteiger partial charge in [0, 0.05) is 12.1 Å². The summed E-state index contributed by atoms with van der Waals surface area (Å²) in [6.45, 7) is 7.55. The molecule has 1 N–H and O–H groups in total. The highest BCUT2D eigenvalue weighted by molar-refractivity contribution is 5.70. The molecule has 3 heteroatoms. The third kappa shape index (κ3) is 3.42.